The lowest BCUT2D eigenvalue weighted by Gasteiger charge is -2.03. The van der Waals surface area contributed by atoms with E-state index < -0.39 is 5.91 Å². The number of aryl methyl sites for hydroxylation is 1. The number of nitrogens with two attached hydrogens (primary N) is 1. The molecular weight excluding hydrogens is 321 g/mol. The predicted octanol–water partition coefficient (Wildman–Crippen LogP) is 3.83. The highest BCUT2D eigenvalue weighted by Gasteiger charge is 2.25. The van der Waals surface area contributed by atoms with Crippen molar-refractivity contribution in [3.8, 4) is 0 Å². The van der Waals surface area contributed by atoms with Crippen LogP contribution >= 0.6 is 22.7 Å². The zero-order valence-corrected chi connectivity index (χ0v) is 13.1. The Balaban J connectivity index is 1.76. The molecule has 3 aromatic rings. The van der Waals surface area contributed by atoms with Crippen LogP contribution in [0.4, 0.5) is 14.5 Å². The van der Waals surface area contributed by atoms with Crippen molar-refractivity contribution in [3.63, 3.8) is 0 Å². The number of rotatable bonds is 3. The fourth-order valence-corrected chi connectivity index (χ4v) is 5.06. The van der Waals surface area contributed by atoms with E-state index >= 15 is 0 Å². The molecule has 4 nitrogen and oxygen atoms in total. The Morgan fingerprint density at radius 2 is 2.18 bits per heavy atom. The van der Waals surface area contributed by atoms with Gasteiger partial charge in [-0.2, -0.15) is 0 Å². The van der Waals surface area contributed by atoms with Gasteiger partial charge in [-0.25, -0.2) is 9.37 Å². The van der Waals surface area contributed by atoms with Crippen LogP contribution in [0.25, 0.3) is 10.2 Å². The second-order valence-corrected chi connectivity index (χ2v) is 7.29. The zero-order valence-electron chi connectivity index (χ0n) is 11.5. The number of thiazole rings is 1. The van der Waals surface area contributed by atoms with Gasteiger partial charge in [0.25, 0.3) is 5.91 Å². The summed E-state index contributed by atoms with van der Waals surface area (Å²) in [5.74, 6) is -0.764. The third kappa shape index (κ3) is 2.08. The number of anilines is 2. The molecule has 1 aromatic carbocycles. The lowest BCUT2D eigenvalue weighted by Crippen LogP contribution is -2.13. The van der Waals surface area contributed by atoms with E-state index in [1.165, 1.54) is 22.3 Å². The molecule has 1 aliphatic carbocycles. The maximum Gasteiger partial charge on any atom is 0.251 e. The minimum atomic E-state index is -0.422. The molecule has 0 saturated carbocycles. The number of amides is 1. The molecule has 0 bridgehead atoms. The molecule has 22 heavy (non-hydrogen) atoms. The summed E-state index contributed by atoms with van der Waals surface area (Å²) in [5.41, 5.74) is 7.51. The molecule has 0 radical (unpaired) electrons. The summed E-state index contributed by atoms with van der Waals surface area (Å²) in [7, 11) is 0. The van der Waals surface area contributed by atoms with E-state index in [1.54, 1.807) is 17.4 Å². The highest BCUT2D eigenvalue weighted by atomic mass is 32.1. The van der Waals surface area contributed by atoms with Crippen LogP contribution in [-0.4, -0.2) is 10.9 Å². The lowest BCUT2D eigenvalue weighted by atomic mass is 10.1. The Morgan fingerprint density at radius 3 is 2.95 bits per heavy atom. The molecule has 112 valence electrons. The third-order valence-corrected chi connectivity index (χ3v) is 5.90. The molecule has 7 heteroatoms. The average molecular weight is 333 g/mol. The molecule has 2 aromatic heterocycles. The molecular formula is C15H12FN3OS2. The van der Waals surface area contributed by atoms with Crippen LogP contribution in [0.3, 0.4) is 0 Å². The maximum absolute atomic E-state index is 13.7. The molecule has 3 N–H and O–H groups in total. The number of halogens is 1. The van der Waals surface area contributed by atoms with Crippen LogP contribution in [0.1, 0.15) is 27.2 Å². The lowest BCUT2D eigenvalue weighted by molar-refractivity contribution is 0.100. The molecule has 1 amide bonds. The number of benzene rings is 1. The highest BCUT2D eigenvalue weighted by molar-refractivity contribution is 7.23. The Bertz CT molecular complexity index is 900. The molecule has 1 aliphatic rings. The summed E-state index contributed by atoms with van der Waals surface area (Å²) in [6.45, 7) is 0. The largest absolute Gasteiger partial charge is 0.365 e. The number of primary amides is 1. The van der Waals surface area contributed by atoms with Crippen LogP contribution in [0.15, 0.2) is 18.2 Å². The Labute approximate surface area is 133 Å². The summed E-state index contributed by atoms with van der Waals surface area (Å²) < 4.78 is 14.5. The van der Waals surface area contributed by atoms with Gasteiger partial charge in [0, 0.05) is 4.88 Å². The van der Waals surface area contributed by atoms with Crippen molar-refractivity contribution >= 4 is 48.9 Å². The number of nitrogens with zero attached hydrogens (tertiary/aromatic N) is 1. The molecule has 0 spiro atoms. The SMILES string of the molecule is NC(=O)c1c(Nc2nc3c(F)cccc3s2)sc2c1CCC2. The van der Waals surface area contributed by atoms with E-state index in [2.05, 4.69) is 10.3 Å². The van der Waals surface area contributed by atoms with Crippen LogP contribution in [0.2, 0.25) is 0 Å². The van der Waals surface area contributed by atoms with Crippen molar-refractivity contribution in [2.45, 2.75) is 19.3 Å². The number of fused-ring (bicyclic) bond motifs is 2. The highest BCUT2D eigenvalue weighted by Crippen LogP contribution is 2.41. The smallest absolute Gasteiger partial charge is 0.251 e. The first-order chi connectivity index (χ1) is 10.6. The topological polar surface area (TPSA) is 68.0 Å². The number of carbonyl (C=O) groups is 1. The Kier molecular flexibility index (Phi) is 3.12. The van der Waals surface area contributed by atoms with Gasteiger partial charge >= 0.3 is 0 Å². The number of para-hydroxylation sites is 1. The zero-order chi connectivity index (χ0) is 15.3. The van der Waals surface area contributed by atoms with Crippen LogP contribution in [0.5, 0.6) is 0 Å². The van der Waals surface area contributed by atoms with Crippen LogP contribution in [-0.2, 0) is 12.8 Å². The summed E-state index contributed by atoms with van der Waals surface area (Å²) >= 11 is 2.91. The first kappa shape index (κ1) is 13.7. The molecule has 0 unspecified atom stereocenters. The molecule has 2 heterocycles. The molecule has 0 fully saturated rings. The predicted molar refractivity (Wildman–Crippen MR) is 87.7 cm³/mol. The number of thiophene rings is 1. The minimum absolute atomic E-state index is 0.342. The van der Waals surface area contributed by atoms with Crippen LogP contribution in [0, 0.1) is 5.82 Å². The van der Waals surface area contributed by atoms with E-state index in [0.29, 0.717) is 16.2 Å². The average Bonchev–Trinajstić information content (AvgIpc) is 3.12. The second kappa shape index (κ2) is 5.03. The van der Waals surface area contributed by atoms with E-state index in [4.69, 9.17) is 5.73 Å². The molecule has 0 saturated heterocycles. The monoisotopic (exact) mass is 333 g/mol. The summed E-state index contributed by atoms with van der Waals surface area (Å²) in [4.78, 5) is 17.3. The van der Waals surface area contributed by atoms with E-state index in [-0.39, 0.29) is 5.82 Å². The minimum Gasteiger partial charge on any atom is -0.365 e. The Hall–Kier alpha value is -1.99. The second-order valence-electron chi connectivity index (χ2n) is 5.16. The van der Waals surface area contributed by atoms with Crippen molar-refractivity contribution in [2.24, 2.45) is 5.73 Å². The quantitative estimate of drug-likeness (QED) is 0.765. The fourth-order valence-electron chi connectivity index (χ4n) is 2.82. The van der Waals surface area contributed by atoms with Crippen molar-refractivity contribution in [1.29, 1.82) is 0 Å². The van der Waals surface area contributed by atoms with Crippen molar-refractivity contribution in [3.05, 3.63) is 40.0 Å². The van der Waals surface area contributed by atoms with Crippen LogP contribution < -0.4 is 11.1 Å². The number of carbonyl (C=O) groups excluding carboxylic acids is 1. The first-order valence-corrected chi connectivity index (χ1v) is 8.53. The van der Waals surface area contributed by atoms with Gasteiger partial charge in [0.05, 0.1) is 10.3 Å². The van der Waals surface area contributed by atoms with Gasteiger partial charge in [0.1, 0.15) is 16.3 Å². The van der Waals surface area contributed by atoms with Gasteiger partial charge in [-0.05, 0) is 37.0 Å². The number of hydrogen-bond donors (Lipinski definition) is 2. The van der Waals surface area contributed by atoms with Gasteiger partial charge in [-0.1, -0.05) is 17.4 Å². The van der Waals surface area contributed by atoms with Gasteiger partial charge in [-0.15, -0.1) is 11.3 Å². The summed E-state index contributed by atoms with van der Waals surface area (Å²) in [6.07, 6.45) is 2.94. The van der Waals surface area contributed by atoms with Crippen molar-refractivity contribution in [1.82, 2.24) is 4.98 Å². The summed E-state index contributed by atoms with van der Waals surface area (Å²) in [5, 5.41) is 4.45. The molecule has 4 rings (SSSR count). The normalized spacial score (nSPS) is 13.5. The van der Waals surface area contributed by atoms with E-state index in [9.17, 15) is 9.18 Å². The number of nitrogens with one attached hydrogen (secondary N) is 1. The summed E-state index contributed by atoms with van der Waals surface area (Å²) in [6, 6.07) is 4.87. The fraction of sp³-hybridized carbons (Fsp3) is 0.200. The van der Waals surface area contributed by atoms with Gasteiger partial charge < -0.3 is 11.1 Å². The standard InChI is InChI=1S/C15H12FN3OS2/c16-8-4-2-6-10-12(8)18-15(22-10)19-14-11(13(17)20)7-3-1-5-9(7)21-14/h2,4,6H,1,3,5H2,(H2,17,20)(H,18,19). The first-order valence-electron chi connectivity index (χ1n) is 6.90. The van der Waals surface area contributed by atoms with Gasteiger partial charge in [0.15, 0.2) is 5.13 Å². The van der Waals surface area contributed by atoms with E-state index in [1.807, 2.05) is 6.07 Å². The maximum atomic E-state index is 13.7. The van der Waals surface area contributed by atoms with Gasteiger partial charge in [0.2, 0.25) is 0 Å². The Morgan fingerprint density at radius 1 is 1.32 bits per heavy atom. The van der Waals surface area contributed by atoms with Crippen molar-refractivity contribution in [2.75, 3.05) is 5.32 Å². The van der Waals surface area contributed by atoms with E-state index in [0.717, 1.165) is 34.5 Å². The van der Waals surface area contributed by atoms with Gasteiger partial charge in [-0.3, -0.25) is 4.79 Å². The molecule has 0 atom stereocenters. The number of aromatic nitrogens is 1. The number of hydrogen-bond acceptors (Lipinski definition) is 5. The third-order valence-electron chi connectivity index (χ3n) is 3.76. The molecule has 0 aliphatic heterocycles. The van der Waals surface area contributed by atoms with Crippen molar-refractivity contribution < 1.29 is 9.18 Å².